The fraction of sp³-hybridized carbons (Fsp3) is 0.188. The van der Waals surface area contributed by atoms with E-state index in [1.54, 1.807) is 6.20 Å². The van der Waals surface area contributed by atoms with Gasteiger partial charge in [0.1, 0.15) is 5.82 Å². The van der Waals surface area contributed by atoms with Gasteiger partial charge >= 0.3 is 0 Å². The van der Waals surface area contributed by atoms with Crippen molar-refractivity contribution < 1.29 is 9.18 Å². The van der Waals surface area contributed by atoms with Crippen molar-refractivity contribution in [3.05, 3.63) is 137 Å². The lowest BCUT2D eigenvalue weighted by molar-refractivity contribution is -0.121. The van der Waals surface area contributed by atoms with Crippen molar-refractivity contribution in [3.8, 4) is 0 Å². The molecule has 3 aromatic carbocycles. The zero-order valence-corrected chi connectivity index (χ0v) is 20.9. The Hall–Kier alpha value is -4.25. The van der Waals surface area contributed by atoms with Crippen LogP contribution in [0.15, 0.2) is 103 Å². The molecule has 0 spiro atoms. The van der Waals surface area contributed by atoms with Gasteiger partial charge in [-0.05, 0) is 53.9 Å². The zero-order valence-electron chi connectivity index (χ0n) is 20.9. The third kappa shape index (κ3) is 5.95. The van der Waals surface area contributed by atoms with E-state index in [9.17, 15) is 9.18 Å². The van der Waals surface area contributed by atoms with Crippen LogP contribution in [0.2, 0.25) is 0 Å². The number of para-hydroxylation sites is 1. The first kappa shape index (κ1) is 24.4. The molecule has 5 heteroatoms. The number of aryl methyl sites for hydroxylation is 1. The lowest BCUT2D eigenvalue weighted by atomic mass is 9.87. The minimum absolute atomic E-state index is 0.0119. The summed E-state index contributed by atoms with van der Waals surface area (Å²) in [5, 5.41) is 4.22. The summed E-state index contributed by atoms with van der Waals surface area (Å²) in [4.78, 5) is 17.5. The number of nitrogens with one attached hydrogen (secondary N) is 1. The molecule has 0 saturated carbocycles. The molecule has 5 rings (SSSR count). The number of pyridine rings is 1. The van der Waals surface area contributed by atoms with Gasteiger partial charge in [0.25, 0.3) is 0 Å². The van der Waals surface area contributed by atoms with Gasteiger partial charge in [-0.2, -0.15) is 0 Å². The second-order valence-corrected chi connectivity index (χ2v) is 9.45. The Labute approximate surface area is 216 Å². The number of carbonyl (C=O) groups excluding carboxylic acids is 1. The van der Waals surface area contributed by atoms with E-state index in [0.717, 1.165) is 38.9 Å². The van der Waals surface area contributed by atoms with Crippen LogP contribution < -0.4 is 5.32 Å². The van der Waals surface area contributed by atoms with E-state index < -0.39 is 0 Å². The number of aromatic nitrogens is 2. The average Bonchev–Trinajstić information content (AvgIpc) is 3.27. The number of nitrogens with zero attached hydrogens (tertiary/aromatic N) is 2. The molecule has 0 aliphatic heterocycles. The second-order valence-electron chi connectivity index (χ2n) is 9.45. The van der Waals surface area contributed by atoms with Crippen LogP contribution in [-0.2, 0) is 17.8 Å². The number of hydrogen-bond donors (Lipinski definition) is 1. The van der Waals surface area contributed by atoms with Crippen LogP contribution in [0, 0.1) is 12.7 Å². The highest BCUT2D eigenvalue weighted by Crippen LogP contribution is 2.35. The molecule has 4 nitrogen and oxygen atoms in total. The molecule has 0 saturated heterocycles. The van der Waals surface area contributed by atoms with E-state index in [1.165, 1.54) is 12.1 Å². The van der Waals surface area contributed by atoms with Crippen molar-refractivity contribution in [2.75, 3.05) is 6.54 Å². The molecule has 0 fully saturated rings. The summed E-state index contributed by atoms with van der Waals surface area (Å²) in [6, 6.07) is 29.1. The van der Waals surface area contributed by atoms with Crippen molar-refractivity contribution in [2.45, 2.75) is 32.2 Å². The molecule has 186 valence electrons. The molecule has 0 aliphatic carbocycles. The summed E-state index contributed by atoms with van der Waals surface area (Å²) < 4.78 is 15.7. The number of halogens is 1. The zero-order chi connectivity index (χ0) is 25.6. The number of hydrogen-bond acceptors (Lipinski definition) is 2. The summed E-state index contributed by atoms with van der Waals surface area (Å²) in [7, 11) is 0. The van der Waals surface area contributed by atoms with Gasteiger partial charge in [0, 0.05) is 60.8 Å². The van der Waals surface area contributed by atoms with Gasteiger partial charge in [0.2, 0.25) is 5.91 Å². The number of rotatable bonds is 9. The van der Waals surface area contributed by atoms with Gasteiger partial charge in [-0.25, -0.2) is 4.39 Å². The van der Waals surface area contributed by atoms with Crippen LogP contribution in [0.4, 0.5) is 4.39 Å². The van der Waals surface area contributed by atoms with E-state index in [2.05, 4.69) is 58.3 Å². The molecular weight excluding hydrogens is 461 g/mol. The van der Waals surface area contributed by atoms with Crippen LogP contribution in [0.1, 0.15) is 40.3 Å². The summed E-state index contributed by atoms with van der Waals surface area (Å²) in [6.45, 7) is 3.24. The smallest absolute Gasteiger partial charge is 0.220 e. The van der Waals surface area contributed by atoms with Gasteiger partial charge < -0.3 is 9.88 Å². The molecule has 1 atom stereocenters. The maximum Gasteiger partial charge on any atom is 0.220 e. The number of benzene rings is 3. The van der Waals surface area contributed by atoms with Crippen LogP contribution >= 0.6 is 0 Å². The maximum atomic E-state index is 13.5. The topological polar surface area (TPSA) is 46.9 Å². The molecule has 1 unspecified atom stereocenters. The largest absolute Gasteiger partial charge is 0.356 e. The van der Waals surface area contributed by atoms with Gasteiger partial charge in [0.15, 0.2) is 0 Å². The first-order valence-corrected chi connectivity index (χ1v) is 12.6. The van der Waals surface area contributed by atoms with Crippen molar-refractivity contribution in [1.82, 2.24) is 14.9 Å². The molecule has 1 amide bonds. The minimum atomic E-state index is -0.240. The Bertz CT molecular complexity index is 1490. The Morgan fingerprint density at radius 3 is 2.57 bits per heavy atom. The molecule has 0 radical (unpaired) electrons. The fourth-order valence-electron chi connectivity index (χ4n) is 4.90. The Kier molecular flexibility index (Phi) is 7.41. The second kappa shape index (κ2) is 11.2. The molecule has 0 aliphatic rings. The molecule has 5 aromatic rings. The van der Waals surface area contributed by atoms with E-state index >= 15 is 0 Å². The number of carbonyl (C=O) groups is 1. The molecule has 2 heterocycles. The molecular formula is C32H30FN3O. The predicted octanol–water partition coefficient (Wildman–Crippen LogP) is 6.41. The van der Waals surface area contributed by atoms with Crippen molar-refractivity contribution in [1.29, 1.82) is 0 Å². The summed E-state index contributed by atoms with van der Waals surface area (Å²) in [6.07, 6.45) is 4.96. The summed E-state index contributed by atoms with van der Waals surface area (Å²) in [5.41, 5.74) is 6.46. The van der Waals surface area contributed by atoms with E-state index in [4.69, 9.17) is 0 Å². The molecule has 0 bridgehead atoms. The summed E-state index contributed by atoms with van der Waals surface area (Å²) in [5.74, 6) is -0.331. The fourth-order valence-corrected chi connectivity index (χ4v) is 4.90. The molecule has 1 N–H and O–H groups in total. The normalized spacial score (nSPS) is 11.9. The monoisotopic (exact) mass is 491 g/mol. The van der Waals surface area contributed by atoms with Crippen LogP contribution in [0.3, 0.4) is 0 Å². The Morgan fingerprint density at radius 2 is 1.78 bits per heavy atom. The van der Waals surface area contributed by atoms with E-state index in [-0.39, 0.29) is 17.6 Å². The van der Waals surface area contributed by atoms with E-state index in [0.29, 0.717) is 25.9 Å². The van der Waals surface area contributed by atoms with Gasteiger partial charge in [-0.1, -0.05) is 66.2 Å². The average molecular weight is 492 g/mol. The van der Waals surface area contributed by atoms with Crippen molar-refractivity contribution in [3.63, 3.8) is 0 Å². The summed E-state index contributed by atoms with van der Waals surface area (Å²) >= 11 is 0. The third-order valence-electron chi connectivity index (χ3n) is 6.72. The number of fused-ring (bicyclic) bond motifs is 1. The maximum absolute atomic E-state index is 13.5. The highest BCUT2D eigenvalue weighted by molar-refractivity contribution is 5.86. The van der Waals surface area contributed by atoms with Gasteiger partial charge in [0.05, 0.1) is 0 Å². The third-order valence-corrected chi connectivity index (χ3v) is 6.72. The highest BCUT2D eigenvalue weighted by Gasteiger charge is 2.23. The van der Waals surface area contributed by atoms with Crippen LogP contribution in [0.5, 0.6) is 0 Å². The highest BCUT2D eigenvalue weighted by atomic mass is 19.1. The minimum Gasteiger partial charge on any atom is -0.356 e. The van der Waals surface area contributed by atoms with Crippen molar-refractivity contribution in [2.24, 2.45) is 0 Å². The first-order valence-electron chi connectivity index (χ1n) is 12.6. The van der Waals surface area contributed by atoms with Crippen LogP contribution in [-0.4, -0.2) is 22.0 Å². The predicted molar refractivity (Wildman–Crippen MR) is 146 cm³/mol. The quantitative estimate of drug-likeness (QED) is 0.259. The van der Waals surface area contributed by atoms with E-state index in [1.807, 2.05) is 48.5 Å². The molecule has 37 heavy (non-hydrogen) atoms. The van der Waals surface area contributed by atoms with Gasteiger partial charge in [-0.15, -0.1) is 0 Å². The molecule has 2 aromatic heterocycles. The SMILES string of the molecule is Cc1cccc(C(CC(=O)NCCc2ccccn2)c2cn(Cc3ccc(F)cc3)c3ccccc23)c1. The van der Waals surface area contributed by atoms with Crippen LogP contribution in [0.25, 0.3) is 10.9 Å². The number of amides is 1. The Morgan fingerprint density at radius 1 is 0.973 bits per heavy atom. The standard InChI is InChI=1S/C32H30FN3O/c1-23-7-6-8-25(19-23)29(20-32(37)35-18-16-27-9-4-5-17-34-27)30-22-36(31-11-3-2-10-28(30)31)21-24-12-14-26(33)15-13-24/h2-15,17,19,22,29H,16,18,20-21H2,1H3,(H,35,37). The Balaban J connectivity index is 1.44. The lowest BCUT2D eigenvalue weighted by Crippen LogP contribution is -2.27. The van der Waals surface area contributed by atoms with Crippen molar-refractivity contribution >= 4 is 16.8 Å². The first-order chi connectivity index (χ1) is 18.1. The van der Waals surface area contributed by atoms with Gasteiger partial charge in [-0.3, -0.25) is 9.78 Å². The lowest BCUT2D eigenvalue weighted by Gasteiger charge is -2.18.